The van der Waals surface area contributed by atoms with Crippen LogP contribution in [0, 0.1) is 0 Å². The third kappa shape index (κ3) is 54.6. The van der Waals surface area contributed by atoms with Crippen molar-refractivity contribution in [2.75, 3.05) is 13.2 Å². The van der Waals surface area contributed by atoms with E-state index in [1.54, 1.807) is 0 Å². The number of hydrogen-bond donors (Lipinski definition) is 0. The monoisotopic (exact) mass is 955 g/mol. The molecule has 1 unspecified atom stereocenters. The molecule has 6 heteroatoms. The van der Waals surface area contributed by atoms with Gasteiger partial charge in [-0.15, -0.1) is 0 Å². The molecule has 6 nitrogen and oxygen atoms in total. The Balaban J connectivity index is 4.51. The van der Waals surface area contributed by atoms with Crippen LogP contribution in [0.1, 0.15) is 239 Å². The van der Waals surface area contributed by atoms with E-state index in [0.717, 1.165) is 89.9 Å². The largest absolute Gasteiger partial charge is 0.462 e. The standard InChI is InChI=1S/C63H102O6/c1-4-7-10-13-16-19-22-25-27-29-31-33-35-38-41-44-47-50-53-56-62(65)68-59-60(58-67-61(64)55-52-49-46-43-40-37-24-21-18-15-12-9-6-3)69-63(66)57-54-51-48-45-42-39-36-34-32-30-28-26-23-20-17-14-11-8-5-2/h7,9-10,12,15-16,18-19,21,24-25,27,31,33,37-38,40-41,47,50,60H,4-6,8,11,13-14,17,20,22-23,26,28-30,32,34-36,39,42-46,48-49,51-59H2,1-3H3/b10-7-,12-9-,18-15-,19-16-,24-21-,27-25-,33-31-,40-37-,41-38-,50-47-. The number of unbranched alkanes of at least 4 members (excludes halogenated alkanes) is 21. The molecule has 69 heavy (non-hydrogen) atoms. The van der Waals surface area contributed by atoms with Crippen molar-refractivity contribution in [2.45, 2.75) is 245 Å². The lowest BCUT2D eigenvalue weighted by molar-refractivity contribution is -0.166. The summed E-state index contributed by atoms with van der Waals surface area (Å²) in [5, 5.41) is 0. The summed E-state index contributed by atoms with van der Waals surface area (Å²) in [6, 6.07) is 0. The maximum atomic E-state index is 12.9. The molecular formula is C63H102O6. The fraction of sp³-hybridized carbons (Fsp3) is 0.635. The molecule has 0 amide bonds. The van der Waals surface area contributed by atoms with E-state index in [1.165, 1.54) is 103 Å². The molecule has 0 aromatic carbocycles. The van der Waals surface area contributed by atoms with Gasteiger partial charge >= 0.3 is 17.9 Å². The first-order chi connectivity index (χ1) is 34.0. The van der Waals surface area contributed by atoms with Crippen LogP contribution in [0.3, 0.4) is 0 Å². The van der Waals surface area contributed by atoms with E-state index in [0.29, 0.717) is 19.3 Å². The van der Waals surface area contributed by atoms with Crippen LogP contribution in [0.2, 0.25) is 0 Å². The lowest BCUT2D eigenvalue weighted by Gasteiger charge is -2.18. The zero-order valence-electron chi connectivity index (χ0n) is 44.5. The van der Waals surface area contributed by atoms with E-state index in [4.69, 9.17) is 14.2 Å². The Bertz CT molecular complexity index is 1470. The fourth-order valence-electron chi connectivity index (χ4n) is 7.42. The molecule has 0 saturated carbocycles. The van der Waals surface area contributed by atoms with E-state index in [9.17, 15) is 14.4 Å². The summed E-state index contributed by atoms with van der Waals surface area (Å²) < 4.78 is 16.7. The Kier molecular flexibility index (Phi) is 53.0. The van der Waals surface area contributed by atoms with E-state index in [-0.39, 0.29) is 37.5 Å². The molecule has 0 aromatic heterocycles. The average molecular weight is 956 g/mol. The highest BCUT2D eigenvalue weighted by Gasteiger charge is 2.19. The van der Waals surface area contributed by atoms with Crippen molar-refractivity contribution in [3.8, 4) is 0 Å². The summed E-state index contributed by atoms with van der Waals surface area (Å²) in [4.78, 5) is 38.1. The lowest BCUT2D eigenvalue weighted by Crippen LogP contribution is -2.30. The molecule has 390 valence electrons. The zero-order valence-corrected chi connectivity index (χ0v) is 44.5. The molecule has 0 bridgehead atoms. The Labute approximate surface area is 424 Å². The van der Waals surface area contributed by atoms with Crippen molar-refractivity contribution in [3.63, 3.8) is 0 Å². The van der Waals surface area contributed by atoms with Crippen molar-refractivity contribution in [3.05, 3.63) is 122 Å². The van der Waals surface area contributed by atoms with Crippen molar-refractivity contribution in [2.24, 2.45) is 0 Å². The smallest absolute Gasteiger partial charge is 0.306 e. The van der Waals surface area contributed by atoms with Gasteiger partial charge in [-0.2, -0.15) is 0 Å². The van der Waals surface area contributed by atoms with Gasteiger partial charge < -0.3 is 14.2 Å². The fourth-order valence-corrected chi connectivity index (χ4v) is 7.42. The second-order valence-electron chi connectivity index (χ2n) is 18.2. The summed E-state index contributed by atoms with van der Waals surface area (Å²) in [7, 11) is 0. The minimum atomic E-state index is -0.827. The number of ether oxygens (including phenoxy) is 3. The van der Waals surface area contributed by atoms with E-state index < -0.39 is 6.10 Å². The van der Waals surface area contributed by atoms with Crippen molar-refractivity contribution >= 4 is 17.9 Å². The normalized spacial score (nSPS) is 13.0. The van der Waals surface area contributed by atoms with Gasteiger partial charge in [-0.05, 0) is 77.0 Å². The maximum absolute atomic E-state index is 12.9. The number of esters is 3. The molecule has 0 saturated heterocycles. The summed E-state index contributed by atoms with van der Waals surface area (Å²) in [6.07, 6.45) is 77.8. The number of hydrogen-bond acceptors (Lipinski definition) is 6. The Morgan fingerprint density at radius 2 is 0.667 bits per heavy atom. The van der Waals surface area contributed by atoms with E-state index in [1.807, 2.05) is 48.6 Å². The van der Waals surface area contributed by atoms with Gasteiger partial charge in [-0.1, -0.05) is 264 Å². The van der Waals surface area contributed by atoms with Crippen molar-refractivity contribution in [1.82, 2.24) is 0 Å². The van der Waals surface area contributed by atoms with Gasteiger partial charge in [0.25, 0.3) is 0 Å². The van der Waals surface area contributed by atoms with Gasteiger partial charge in [0, 0.05) is 19.3 Å². The van der Waals surface area contributed by atoms with Gasteiger partial charge in [0.05, 0.1) is 0 Å². The number of carbonyl (C=O) groups excluding carboxylic acids is 3. The molecule has 0 radical (unpaired) electrons. The van der Waals surface area contributed by atoms with Crippen LogP contribution in [0.25, 0.3) is 0 Å². The molecule has 0 spiro atoms. The van der Waals surface area contributed by atoms with Crippen LogP contribution in [0.5, 0.6) is 0 Å². The Morgan fingerprint density at radius 3 is 1.12 bits per heavy atom. The van der Waals surface area contributed by atoms with Gasteiger partial charge in [-0.3, -0.25) is 14.4 Å². The summed E-state index contributed by atoms with van der Waals surface area (Å²) in [5.41, 5.74) is 0. The molecular weight excluding hydrogens is 853 g/mol. The van der Waals surface area contributed by atoms with Crippen LogP contribution in [-0.4, -0.2) is 37.2 Å². The summed E-state index contributed by atoms with van der Waals surface area (Å²) in [6.45, 7) is 6.29. The summed E-state index contributed by atoms with van der Waals surface area (Å²) >= 11 is 0. The SMILES string of the molecule is CC\C=C/C=C\C=C/C=C\CCCCCC(=O)OCC(COC(=O)CC/C=C\C/C=C\C/C=C\C/C=C\C/C=C\C/C=C\CC)OC(=O)CCCCCCCCCCCCCCCCCCCCC. The minimum absolute atomic E-state index is 0.123. The molecule has 0 aliphatic heterocycles. The topological polar surface area (TPSA) is 78.9 Å². The third-order valence-electron chi connectivity index (χ3n) is 11.6. The van der Waals surface area contributed by atoms with Crippen LogP contribution in [-0.2, 0) is 28.6 Å². The van der Waals surface area contributed by atoms with E-state index in [2.05, 4.69) is 93.7 Å². The van der Waals surface area contributed by atoms with Gasteiger partial charge in [0.15, 0.2) is 6.10 Å². The lowest BCUT2D eigenvalue weighted by atomic mass is 10.0. The number of carbonyl (C=O) groups is 3. The van der Waals surface area contributed by atoms with Crippen LogP contribution < -0.4 is 0 Å². The minimum Gasteiger partial charge on any atom is -0.462 e. The second kappa shape index (κ2) is 56.4. The van der Waals surface area contributed by atoms with Crippen molar-refractivity contribution in [1.29, 1.82) is 0 Å². The molecule has 0 heterocycles. The number of allylic oxidation sites excluding steroid dienone is 20. The number of rotatable bonds is 49. The first-order valence-electron chi connectivity index (χ1n) is 28.1. The quantitative estimate of drug-likeness (QED) is 0.0199. The van der Waals surface area contributed by atoms with Crippen LogP contribution in [0.15, 0.2) is 122 Å². The molecule has 0 aromatic rings. The molecule has 0 rings (SSSR count). The molecule has 0 N–H and O–H groups in total. The van der Waals surface area contributed by atoms with Crippen LogP contribution in [0.4, 0.5) is 0 Å². The summed E-state index contributed by atoms with van der Waals surface area (Å²) in [5.74, 6) is -1.05. The Hall–Kier alpha value is -4.19. The molecule has 0 aliphatic carbocycles. The highest BCUT2D eigenvalue weighted by molar-refractivity contribution is 5.71. The first kappa shape index (κ1) is 64.8. The van der Waals surface area contributed by atoms with Crippen molar-refractivity contribution < 1.29 is 28.6 Å². The molecule has 0 aliphatic rings. The second-order valence-corrected chi connectivity index (χ2v) is 18.2. The predicted octanol–water partition coefficient (Wildman–Crippen LogP) is 18.9. The van der Waals surface area contributed by atoms with Gasteiger partial charge in [0.2, 0.25) is 0 Å². The highest BCUT2D eigenvalue weighted by atomic mass is 16.6. The van der Waals surface area contributed by atoms with Crippen LogP contribution >= 0.6 is 0 Å². The van der Waals surface area contributed by atoms with Gasteiger partial charge in [-0.25, -0.2) is 0 Å². The third-order valence-corrected chi connectivity index (χ3v) is 11.6. The van der Waals surface area contributed by atoms with E-state index >= 15 is 0 Å². The Morgan fingerprint density at radius 1 is 0.319 bits per heavy atom. The highest BCUT2D eigenvalue weighted by Crippen LogP contribution is 2.16. The predicted molar refractivity (Wildman–Crippen MR) is 297 cm³/mol. The zero-order chi connectivity index (χ0) is 50.0. The molecule has 0 fully saturated rings. The van der Waals surface area contributed by atoms with Gasteiger partial charge in [0.1, 0.15) is 13.2 Å². The average Bonchev–Trinajstić information content (AvgIpc) is 3.35. The molecule has 1 atom stereocenters. The maximum Gasteiger partial charge on any atom is 0.306 e. The first-order valence-corrected chi connectivity index (χ1v) is 28.1.